The van der Waals surface area contributed by atoms with Crippen LogP contribution in [0.25, 0.3) is 6.08 Å². The second kappa shape index (κ2) is 4.75. The van der Waals surface area contributed by atoms with E-state index in [-0.39, 0.29) is 5.41 Å². The van der Waals surface area contributed by atoms with Crippen LogP contribution in [0.3, 0.4) is 0 Å². The molecule has 0 aliphatic heterocycles. The van der Waals surface area contributed by atoms with Gasteiger partial charge in [-0.25, -0.2) is 0 Å². The lowest BCUT2D eigenvalue weighted by Crippen LogP contribution is -2.25. The van der Waals surface area contributed by atoms with Gasteiger partial charge in [0.1, 0.15) is 0 Å². The van der Waals surface area contributed by atoms with Gasteiger partial charge in [-0.1, -0.05) is 97.1 Å². The lowest BCUT2D eigenvalue weighted by atomic mass is 9.71. The number of rotatable bonds is 2. The van der Waals surface area contributed by atoms with Gasteiger partial charge >= 0.3 is 0 Å². The van der Waals surface area contributed by atoms with Gasteiger partial charge in [-0.15, -0.1) is 0 Å². The first kappa shape index (κ1) is 12.2. The molecule has 0 bridgehead atoms. The average Bonchev–Trinajstić information content (AvgIpc) is 2.97. The van der Waals surface area contributed by atoms with Crippen LogP contribution in [0, 0.1) is 0 Å². The minimum Gasteiger partial charge on any atom is -0.0646 e. The fourth-order valence-corrected chi connectivity index (χ4v) is 3.38. The van der Waals surface area contributed by atoms with Gasteiger partial charge in [-0.05, 0) is 22.3 Å². The summed E-state index contributed by atoms with van der Waals surface area (Å²) in [5, 5.41) is 0. The molecule has 21 heavy (non-hydrogen) atoms. The average molecular weight is 268 g/mol. The third-order valence-corrected chi connectivity index (χ3v) is 4.36. The first-order valence-corrected chi connectivity index (χ1v) is 7.31. The van der Waals surface area contributed by atoms with E-state index in [0.29, 0.717) is 0 Å². The summed E-state index contributed by atoms with van der Waals surface area (Å²) < 4.78 is 0. The normalized spacial score (nSPS) is 14.9. The molecule has 0 saturated heterocycles. The topological polar surface area (TPSA) is 0 Å². The van der Waals surface area contributed by atoms with Gasteiger partial charge in [0.25, 0.3) is 0 Å². The van der Waals surface area contributed by atoms with E-state index in [1.807, 2.05) is 0 Å². The van der Waals surface area contributed by atoms with Crippen molar-refractivity contribution in [3.8, 4) is 0 Å². The molecule has 0 amide bonds. The molecular weight excluding hydrogens is 252 g/mol. The van der Waals surface area contributed by atoms with Crippen molar-refractivity contribution in [1.29, 1.82) is 0 Å². The Balaban J connectivity index is 2.05. The Morgan fingerprint density at radius 3 is 1.67 bits per heavy atom. The van der Waals surface area contributed by atoms with Crippen LogP contribution in [0.5, 0.6) is 0 Å². The highest BCUT2D eigenvalue weighted by Gasteiger charge is 2.37. The summed E-state index contributed by atoms with van der Waals surface area (Å²) in [6, 6.07) is 30.2. The molecule has 0 atom stereocenters. The van der Waals surface area contributed by atoms with Gasteiger partial charge in [0, 0.05) is 0 Å². The van der Waals surface area contributed by atoms with Crippen molar-refractivity contribution in [1.82, 2.24) is 0 Å². The Morgan fingerprint density at radius 2 is 1.05 bits per heavy atom. The molecule has 0 fully saturated rings. The summed E-state index contributed by atoms with van der Waals surface area (Å²) in [7, 11) is 0. The number of benzene rings is 3. The van der Waals surface area contributed by atoms with Gasteiger partial charge in [-0.2, -0.15) is 0 Å². The highest BCUT2D eigenvalue weighted by Crippen LogP contribution is 2.46. The molecule has 0 radical (unpaired) electrons. The van der Waals surface area contributed by atoms with Gasteiger partial charge in [0.15, 0.2) is 0 Å². The van der Waals surface area contributed by atoms with Gasteiger partial charge < -0.3 is 0 Å². The second-order valence-electron chi connectivity index (χ2n) is 5.46. The van der Waals surface area contributed by atoms with Crippen molar-refractivity contribution in [3.05, 3.63) is 113 Å². The highest BCUT2D eigenvalue weighted by atomic mass is 14.4. The standard InChI is InChI=1S/C21H16/c1-3-10-18(11-4-1)21(19-12-5-2-6-13-19)16-15-17-9-7-8-14-20(17)21/h1-16H. The molecule has 0 spiro atoms. The van der Waals surface area contributed by atoms with Crippen LogP contribution in [-0.2, 0) is 5.41 Å². The molecular formula is C21H16. The molecule has 100 valence electrons. The summed E-state index contributed by atoms with van der Waals surface area (Å²) in [4.78, 5) is 0. The molecule has 0 N–H and O–H groups in total. The zero-order chi connectivity index (χ0) is 14.1. The lowest BCUT2D eigenvalue weighted by molar-refractivity contribution is 0.794. The van der Waals surface area contributed by atoms with E-state index in [4.69, 9.17) is 0 Å². The van der Waals surface area contributed by atoms with E-state index < -0.39 is 0 Å². The van der Waals surface area contributed by atoms with E-state index >= 15 is 0 Å². The SMILES string of the molecule is C1=CC(c2ccccc2)(c2ccccc2)c2ccccc21. The molecule has 4 rings (SSSR count). The zero-order valence-corrected chi connectivity index (χ0v) is 11.7. The quantitative estimate of drug-likeness (QED) is 0.610. The maximum atomic E-state index is 2.34. The van der Waals surface area contributed by atoms with Crippen molar-refractivity contribution in [2.45, 2.75) is 5.41 Å². The number of fused-ring (bicyclic) bond motifs is 1. The molecule has 0 aromatic heterocycles. The van der Waals surface area contributed by atoms with Crippen LogP contribution in [0.4, 0.5) is 0 Å². The molecule has 3 aromatic rings. The third-order valence-electron chi connectivity index (χ3n) is 4.36. The van der Waals surface area contributed by atoms with Crippen molar-refractivity contribution >= 4 is 6.08 Å². The summed E-state index contributed by atoms with van der Waals surface area (Å²) in [5.41, 5.74) is 5.14. The maximum absolute atomic E-state index is 2.34. The van der Waals surface area contributed by atoms with Gasteiger partial charge in [0.05, 0.1) is 5.41 Å². The predicted octanol–water partition coefficient (Wildman–Crippen LogP) is 5.05. The Hall–Kier alpha value is -2.60. The largest absolute Gasteiger partial charge is 0.0646 e. The second-order valence-corrected chi connectivity index (χ2v) is 5.46. The smallest absolute Gasteiger partial charge is 0.0641 e. The van der Waals surface area contributed by atoms with E-state index in [1.54, 1.807) is 0 Å². The molecule has 1 aliphatic carbocycles. The number of allylic oxidation sites excluding steroid dienone is 1. The molecule has 0 heteroatoms. The molecule has 0 unspecified atom stereocenters. The fourth-order valence-electron chi connectivity index (χ4n) is 3.38. The first-order chi connectivity index (χ1) is 10.4. The summed E-state index contributed by atoms with van der Waals surface area (Å²) in [6.45, 7) is 0. The van der Waals surface area contributed by atoms with E-state index in [2.05, 4.69) is 97.1 Å². The van der Waals surface area contributed by atoms with Crippen LogP contribution in [-0.4, -0.2) is 0 Å². The van der Waals surface area contributed by atoms with E-state index in [1.165, 1.54) is 22.3 Å². The predicted molar refractivity (Wildman–Crippen MR) is 88.2 cm³/mol. The van der Waals surface area contributed by atoms with Crippen molar-refractivity contribution < 1.29 is 0 Å². The monoisotopic (exact) mass is 268 g/mol. The molecule has 3 aromatic carbocycles. The van der Waals surface area contributed by atoms with E-state index in [9.17, 15) is 0 Å². The summed E-state index contributed by atoms with van der Waals surface area (Å²) >= 11 is 0. The fraction of sp³-hybridized carbons (Fsp3) is 0.0476. The number of hydrogen-bond donors (Lipinski definition) is 0. The van der Waals surface area contributed by atoms with Crippen LogP contribution in [0.15, 0.2) is 91.0 Å². The Morgan fingerprint density at radius 1 is 0.524 bits per heavy atom. The third kappa shape index (κ3) is 1.76. The van der Waals surface area contributed by atoms with Crippen molar-refractivity contribution in [2.75, 3.05) is 0 Å². The van der Waals surface area contributed by atoms with Crippen LogP contribution in [0.1, 0.15) is 22.3 Å². The Kier molecular flexibility index (Phi) is 2.75. The van der Waals surface area contributed by atoms with E-state index in [0.717, 1.165) is 0 Å². The van der Waals surface area contributed by atoms with Crippen molar-refractivity contribution in [3.63, 3.8) is 0 Å². The molecule has 0 nitrogen and oxygen atoms in total. The molecule has 1 aliphatic rings. The Labute approximate surface area is 125 Å². The minimum atomic E-state index is -0.168. The maximum Gasteiger partial charge on any atom is 0.0641 e. The lowest BCUT2D eigenvalue weighted by Gasteiger charge is -2.31. The minimum absolute atomic E-state index is 0.168. The van der Waals surface area contributed by atoms with Crippen LogP contribution < -0.4 is 0 Å². The first-order valence-electron chi connectivity index (χ1n) is 7.31. The number of hydrogen-bond acceptors (Lipinski definition) is 0. The van der Waals surface area contributed by atoms with Crippen LogP contribution in [0.2, 0.25) is 0 Å². The molecule has 0 heterocycles. The molecule has 0 saturated carbocycles. The Bertz CT molecular complexity index is 743. The highest BCUT2D eigenvalue weighted by molar-refractivity contribution is 5.73. The van der Waals surface area contributed by atoms with Gasteiger partial charge in [0.2, 0.25) is 0 Å². The van der Waals surface area contributed by atoms with Crippen molar-refractivity contribution in [2.24, 2.45) is 0 Å². The summed E-state index contributed by atoms with van der Waals surface area (Å²) in [5.74, 6) is 0. The summed E-state index contributed by atoms with van der Waals surface area (Å²) in [6.07, 6.45) is 4.58. The zero-order valence-electron chi connectivity index (χ0n) is 11.7. The van der Waals surface area contributed by atoms with Crippen LogP contribution >= 0.6 is 0 Å². The van der Waals surface area contributed by atoms with Gasteiger partial charge in [-0.3, -0.25) is 0 Å².